The molecule has 0 N–H and O–H groups in total. The van der Waals surface area contributed by atoms with Gasteiger partial charge in [-0.3, -0.25) is 0 Å². The van der Waals surface area contributed by atoms with Gasteiger partial charge >= 0.3 is 0 Å². The molecule has 2 rings (SSSR count). The Balaban J connectivity index is 2.42. The molecule has 0 unspecified atom stereocenters. The maximum atomic E-state index is 6.32. The number of hydrogen-bond donors (Lipinski definition) is 0. The molecule has 0 radical (unpaired) electrons. The van der Waals surface area contributed by atoms with E-state index < -0.39 is 0 Å². The fourth-order valence-electron chi connectivity index (χ4n) is 2.21. The van der Waals surface area contributed by atoms with Gasteiger partial charge in [-0.1, -0.05) is 89.7 Å². The number of halogens is 4. The predicted molar refractivity (Wildman–Crippen MR) is 98.6 cm³/mol. The summed E-state index contributed by atoms with van der Waals surface area (Å²) in [5, 5.41) is 2.56. The summed E-state index contributed by atoms with van der Waals surface area (Å²) < 4.78 is 1.10. The molecule has 0 heterocycles. The highest BCUT2D eigenvalue weighted by molar-refractivity contribution is 9.10. The smallest absolute Gasteiger partial charge is 0.0438 e. The fourth-order valence-corrected chi connectivity index (χ4v) is 4.79. The maximum absolute atomic E-state index is 6.32. The lowest BCUT2D eigenvalue weighted by Crippen LogP contribution is -2.33. The Labute approximate surface area is 150 Å². The normalized spacial score (nSPS) is 11.6. The molecule has 106 valence electrons. The van der Waals surface area contributed by atoms with E-state index in [9.17, 15) is 0 Å². The minimum Gasteiger partial charge on any atom is -0.0918 e. The molecule has 2 aromatic rings. The molecule has 0 aliphatic rings. The van der Waals surface area contributed by atoms with E-state index in [1.807, 2.05) is 24.3 Å². The summed E-state index contributed by atoms with van der Waals surface area (Å²) in [6.45, 7) is 0. The van der Waals surface area contributed by atoms with E-state index in [0.717, 1.165) is 26.6 Å². The van der Waals surface area contributed by atoms with Gasteiger partial charge in [0.05, 0.1) is 0 Å². The molecule has 0 saturated heterocycles. The number of alkyl halides is 2. The highest BCUT2D eigenvalue weighted by atomic mass is 79.9. The van der Waals surface area contributed by atoms with Crippen LogP contribution in [0.15, 0.2) is 53.0 Å². The van der Waals surface area contributed by atoms with Gasteiger partial charge in [-0.25, -0.2) is 0 Å². The summed E-state index contributed by atoms with van der Waals surface area (Å²) in [6.07, 6.45) is 0.889. The predicted octanol–water partition coefficient (Wildman–Crippen LogP) is 6.37. The van der Waals surface area contributed by atoms with Gasteiger partial charge in [-0.15, -0.1) is 0 Å². The van der Waals surface area contributed by atoms with E-state index in [4.69, 9.17) is 11.6 Å². The standard InChI is InChI=1S/C16H14Br3Cl/c17-10-16(11-18,13-5-3-6-14(19)8-13)9-12-4-1-2-7-15(12)20/h1-8H,9-11H2. The Kier molecular flexibility index (Phi) is 6.15. The molecule has 0 fully saturated rings. The van der Waals surface area contributed by atoms with Gasteiger partial charge < -0.3 is 0 Å². The minimum absolute atomic E-state index is 0.0191. The molecule has 0 aliphatic heterocycles. The molecular weight excluding hydrogens is 467 g/mol. The second-order valence-electron chi connectivity index (χ2n) is 4.83. The van der Waals surface area contributed by atoms with Crippen LogP contribution in [0, 0.1) is 0 Å². The van der Waals surface area contributed by atoms with Crippen molar-refractivity contribution in [2.75, 3.05) is 10.7 Å². The lowest BCUT2D eigenvalue weighted by molar-refractivity contribution is 0.551. The van der Waals surface area contributed by atoms with Crippen molar-refractivity contribution in [2.45, 2.75) is 11.8 Å². The third-order valence-corrected chi connectivity index (χ3v) is 6.44. The molecule has 2 aromatic carbocycles. The first-order valence-corrected chi connectivity index (χ1v) is 9.64. The van der Waals surface area contributed by atoms with Gasteiger partial charge in [-0.2, -0.15) is 0 Å². The number of hydrogen-bond acceptors (Lipinski definition) is 0. The molecule has 0 saturated carbocycles. The number of benzene rings is 2. The van der Waals surface area contributed by atoms with Crippen LogP contribution in [0.4, 0.5) is 0 Å². The summed E-state index contributed by atoms with van der Waals surface area (Å²) in [5.74, 6) is 0. The molecule has 0 bridgehead atoms. The van der Waals surface area contributed by atoms with E-state index in [-0.39, 0.29) is 5.41 Å². The van der Waals surface area contributed by atoms with Crippen LogP contribution < -0.4 is 0 Å². The van der Waals surface area contributed by atoms with E-state index in [1.165, 1.54) is 11.1 Å². The van der Waals surface area contributed by atoms with E-state index in [2.05, 4.69) is 72.1 Å². The van der Waals surface area contributed by atoms with Crippen LogP contribution in [-0.4, -0.2) is 10.7 Å². The highest BCUT2D eigenvalue weighted by Crippen LogP contribution is 2.35. The average molecular weight is 481 g/mol. The maximum Gasteiger partial charge on any atom is 0.0438 e. The average Bonchev–Trinajstić information content (AvgIpc) is 2.47. The summed E-state index contributed by atoms with van der Waals surface area (Å²) in [6, 6.07) is 16.5. The molecular formula is C16H14Br3Cl. The van der Waals surface area contributed by atoms with Crippen LogP contribution in [0.2, 0.25) is 5.02 Å². The van der Waals surface area contributed by atoms with Gasteiger partial charge in [0.1, 0.15) is 0 Å². The molecule has 20 heavy (non-hydrogen) atoms. The van der Waals surface area contributed by atoms with Crippen molar-refractivity contribution >= 4 is 59.4 Å². The Morgan fingerprint density at radius 1 is 0.950 bits per heavy atom. The third kappa shape index (κ3) is 3.68. The first kappa shape index (κ1) is 16.5. The molecule has 0 amide bonds. The van der Waals surface area contributed by atoms with E-state index >= 15 is 0 Å². The second kappa shape index (κ2) is 7.44. The monoisotopic (exact) mass is 478 g/mol. The minimum atomic E-state index is -0.0191. The van der Waals surface area contributed by atoms with Gasteiger partial charge in [0.25, 0.3) is 0 Å². The van der Waals surface area contributed by atoms with Gasteiger partial charge in [0.2, 0.25) is 0 Å². The molecule has 0 atom stereocenters. The lowest BCUT2D eigenvalue weighted by atomic mass is 9.79. The van der Waals surface area contributed by atoms with Crippen LogP contribution in [0.25, 0.3) is 0 Å². The Morgan fingerprint density at radius 2 is 1.65 bits per heavy atom. The molecule has 0 spiro atoms. The molecule has 0 nitrogen and oxygen atoms in total. The Hall–Kier alpha value is 0.170. The topological polar surface area (TPSA) is 0 Å². The fraction of sp³-hybridized carbons (Fsp3) is 0.250. The summed E-state index contributed by atoms with van der Waals surface area (Å²) in [5.41, 5.74) is 2.45. The van der Waals surface area contributed by atoms with E-state index in [0.29, 0.717) is 0 Å². The third-order valence-electron chi connectivity index (χ3n) is 3.44. The Morgan fingerprint density at radius 3 is 2.25 bits per heavy atom. The van der Waals surface area contributed by atoms with Crippen LogP contribution in [-0.2, 0) is 11.8 Å². The molecule has 4 heteroatoms. The van der Waals surface area contributed by atoms with Crippen molar-refractivity contribution in [1.82, 2.24) is 0 Å². The SMILES string of the molecule is Clc1ccccc1CC(CBr)(CBr)c1cccc(Br)c1. The lowest BCUT2D eigenvalue weighted by Gasteiger charge is -2.31. The van der Waals surface area contributed by atoms with Crippen molar-refractivity contribution in [3.8, 4) is 0 Å². The quantitative estimate of drug-likeness (QED) is 0.435. The summed E-state index contributed by atoms with van der Waals surface area (Å²) >= 11 is 17.3. The zero-order valence-electron chi connectivity index (χ0n) is 10.8. The van der Waals surface area contributed by atoms with Gasteiger partial charge in [-0.05, 0) is 35.7 Å². The number of rotatable bonds is 5. The van der Waals surface area contributed by atoms with Gasteiger partial charge in [0, 0.05) is 25.6 Å². The van der Waals surface area contributed by atoms with Gasteiger partial charge in [0.15, 0.2) is 0 Å². The first-order chi connectivity index (χ1) is 9.61. The van der Waals surface area contributed by atoms with Crippen molar-refractivity contribution in [3.05, 3.63) is 69.2 Å². The highest BCUT2D eigenvalue weighted by Gasteiger charge is 2.31. The molecule has 0 aromatic heterocycles. The zero-order chi connectivity index (χ0) is 14.6. The second-order valence-corrected chi connectivity index (χ2v) is 7.27. The van der Waals surface area contributed by atoms with Crippen molar-refractivity contribution in [2.24, 2.45) is 0 Å². The van der Waals surface area contributed by atoms with Crippen LogP contribution in [0.5, 0.6) is 0 Å². The summed E-state index contributed by atoms with van der Waals surface area (Å²) in [7, 11) is 0. The summed E-state index contributed by atoms with van der Waals surface area (Å²) in [4.78, 5) is 0. The van der Waals surface area contributed by atoms with E-state index in [1.54, 1.807) is 0 Å². The van der Waals surface area contributed by atoms with Crippen LogP contribution in [0.1, 0.15) is 11.1 Å². The first-order valence-electron chi connectivity index (χ1n) is 6.23. The Bertz CT molecular complexity index is 579. The van der Waals surface area contributed by atoms with Crippen molar-refractivity contribution in [3.63, 3.8) is 0 Å². The zero-order valence-corrected chi connectivity index (χ0v) is 16.3. The molecule has 0 aliphatic carbocycles. The van der Waals surface area contributed by atoms with Crippen LogP contribution >= 0.6 is 59.4 Å². The largest absolute Gasteiger partial charge is 0.0918 e. The van der Waals surface area contributed by atoms with Crippen molar-refractivity contribution < 1.29 is 0 Å². The van der Waals surface area contributed by atoms with Crippen molar-refractivity contribution in [1.29, 1.82) is 0 Å². The van der Waals surface area contributed by atoms with Crippen LogP contribution in [0.3, 0.4) is 0 Å².